The van der Waals surface area contributed by atoms with E-state index in [4.69, 9.17) is 23.7 Å². The molecular formula is C23H25NO6. The van der Waals surface area contributed by atoms with Gasteiger partial charge >= 0.3 is 6.09 Å². The standard InChI is InChI=1S/C23H25NO6/c1-26-19-10-15-8-6-7-14(17(15)12-21(19)28-3)9-16-11-20(27-2)22(29-4)13-18(16)24-23(25)30-5/h6-8,10-13H,9H2,1-5H3,(H,24,25). The molecule has 30 heavy (non-hydrogen) atoms. The van der Waals surface area contributed by atoms with Gasteiger partial charge in [-0.1, -0.05) is 18.2 Å². The Morgan fingerprint density at radius 2 is 1.37 bits per heavy atom. The second-order valence-electron chi connectivity index (χ2n) is 6.50. The highest BCUT2D eigenvalue weighted by molar-refractivity contribution is 5.90. The first-order valence-corrected chi connectivity index (χ1v) is 9.28. The van der Waals surface area contributed by atoms with Crippen molar-refractivity contribution >= 4 is 22.6 Å². The maximum absolute atomic E-state index is 11.9. The van der Waals surface area contributed by atoms with Crippen LogP contribution in [0.3, 0.4) is 0 Å². The molecule has 0 aliphatic heterocycles. The predicted molar refractivity (Wildman–Crippen MR) is 115 cm³/mol. The summed E-state index contributed by atoms with van der Waals surface area (Å²) in [5.41, 5.74) is 2.48. The zero-order chi connectivity index (χ0) is 21.7. The van der Waals surface area contributed by atoms with Crippen LogP contribution < -0.4 is 24.3 Å². The fourth-order valence-corrected chi connectivity index (χ4v) is 3.37. The van der Waals surface area contributed by atoms with Crippen LogP contribution >= 0.6 is 0 Å². The molecule has 0 aliphatic carbocycles. The molecule has 0 heterocycles. The Balaban J connectivity index is 2.12. The predicted octanol–water partition coefficient (Wildman–Crippen LogP) is 4.64. The van der Waals surface area contributed by atoms with Crippen molar-refractivity contribution in [3.05, 3.63) is 53.6 Å². The van der Waals surface area contributed by atoms with Gasteiger partial charge in [-0.15, -0.1) is 0 Å². The van der Waals surface area contributed by atoms with Crippen LogP contribution in [0.1, 0.15) is 11.1 Å². The minimum atomic E-state index is -0.562. The van der Waals surface area contributed by atoms with Gasteiger partial charge in [-0.25, -0.2) is 4.79 Å². The van der Waals surface area contributed by atoms with Gasteiger partial charge < -0.3 is 23.7 Å². The normalized spacial score (nSPS) is 10.4. The molecule has 1 N–H and O–H groups in total. The van der Waals surface area contributed by atoms with Gasteiger partial charge in [0.05, 0.1) is 41.2 Å². The van der Waals surface area contributed by atoms with Crippen LogP contribution in [-0.4, -0.2) is 41.6 Å². The van der Waals surface area contributed by atoms with Gasteiger partial charge in [-0.05, 0) is 40.1 Å². The first-order valence-electron chi connectivity index (χ1n) is 9.28. The Morgan fingerprint density at radius 3 is 2.00 bits per heavy atom. The molecule has 0 radical (unpaired) electrons. The van der Waals surface area contributed by atoms with Crippen LogP contribution in [0.15, 0.2) is 42.5 Å². The summed E-state index contributed by atoms with van der Waals surface area (Å²) >= 11 is 0. The molecule has 0 fully saturated rings. The Morgan fingerprint density at radius 1 is 0.767 bits per heavy atom. The average Bonchev–Trinajstić information content (AvgIpc) is 2.78. The van der Waals surface area contributed by atoms with E-state index in [-0.39, 0.29) is 0 Å². The summed E-state index contributed by atoms with van der Waals surface area (Å²) in [6.45, 7) is 0. The Bertz CT molecular complexity index is 1060. The minimum absolute atomic E-state index is 0.511. The van der Waals surface area contributed by atoms with Crippen molar-refractivity contribution in [3.8, 4) is 23.0 Å². The van der Waals surface area contributed by atoms with Crippen LogP contribution in [0.25, 0.3) is 10.8 Å². The zero-order valence-corrected chi connectivity index (χ0v) is 17.7. The van der Waals surface area contributed by atoms with E-state index in [1.165, 1.54) is 7.11 Å². The quantitative estimate of drug-likeness (QED) is 0.610. The topological polar surface area (TPSA) is 75.3 Å². The molecule has 0 saturated heterocycles. The molecule has 1 amide bonds. The summed E-state index contributed by atoms with van der Waals surface area (Å²) in [5, 5.41) is 4.80. The molecule has 3 aromatic carbocycles. The smallest absolute Gasteiger partial charge is 0.411 e. The summed E-state index contributed by atoms with van der Waals surface area (Å²) in [4.78, 5) is 11.9. The van der Waals surface area contributed by atoms with Crippen molar-refractivity contribution in [1.29, 1.82) is 0 Å². The van der Waals surface area contributed by atoms with E-state index in [1.807, 2.05) is 36.4 Å². The minimum Gasteiger partial charge on any atom is -0.493 e. The lowest BCUT2D eigenvalue weighted by Crippen LogP contribution is -2.13. The molecule has 0 saturated carbocycles. The number of carbonyl (C=O) groups is 1. The maximum Gasteiger partial charge on any atom is 0.411 e. The highest BCUT2D eigenvalue weighted by Crippen LogP contribution is 2.37. The van der Waals surface area contributed by atoms with Crippen LogP contribution in [0.2, 0.25) is 0 Å². The van der Waals surface area contributed by atoms with Gasteiger partial charge in [0.1, 0.15) is 0 Å². The number of hydrogen-bond acceptors (Lipinski definition) is 6. The summed E-state index contributed by atoms with van der Waals surface area (Å²) in [6.07, 6.45) is -0.0280. The van der Waals surface area contributed by atoms with Crippen molar-refractivity contribution in [3.63, 3.8) is 0 Å². The molecule has 0 atom stereocenters. The number of carbonyl (C=O) groups excluding carboxylic acids is 1. The number of rotatable bonds is 7. The van der Waals surface area contributed by atoms with Crippen molar-refractivity contribution in [1.82, 2.24) is 0 Å². The highest BCUT2D eigenvalue weighted by Gasteiger charge is 2.16. The molecule has 0 spiro atoms. The van der Waals surface area contributed by atoms with Gasteiger partial charge in [0.2, 0.25) is 0 Å². The van der Waals surface area contributed by atoms with Crippen molar-refractivity contribution in [2.24, 2.45) is 0 Å². The van der Waals surface area contributed by atoms with Crippen molar-refractivity contribution < 1.29 is 28.5 Å². The second-order valence-corrected chi connectivity index (χ2v) is 6.50. The molecule has 158 valence electrons. The van der Waals surface area contributed by atoms with E-state index in [0.29, 0.717) is 35.1 Å². The van der Waals surface area contributed by atoms with Gasteiger partial charge in [0.15, 0.2) is 23.0 Å². The number of nitrogens with one attached hydrogen (secondary N) is 1. The average molecular weight is 411 g/mol. The Labute approximate surface area is 175 Å². The Hall–Kier alpha value is -3.61. The molecule has 0 aromatic heterocycles. The summed E-state index contributed by atoms with van der Waals surface area (Å²) < 4.78 is 26.5. The number of benzene rings is 3. The van der Waals surface area contributed by atoms with Crippen molar-refractivity contribution in [2.75, 3.05) is 40.9 Å². The summed E-state index contributed by atoms with van der Waals surface area (Å²) in [6, 6.07) is 13.5. The SMILES string of the molecule is COC(=O)Nc1cc(OC)c(OC)cc1Cc1cccc2cc(OC)c(OC)cc12. The third kappa shape index (κ3) is 4.20. The van der Waals surface area contributed by atoms with E-state index in [2.05, 4.69) is 5.32 Å². The van der Waals surface area contributed by atoms with E-state index >= 15 is 0 Å². The van der Waals surface area contributed by atoms with E-state index < -0.39 is 6.09 Å². The van der Waals surface area contributed by atoms with E-state index in [1.54, 1.807) is 34.5 Å². The largest absolute Gasteiger partial charge is 0.493 e. The van der Waals surface area contributed by atoms with Crippen LogP contribution in [-0.2, 0) is 11.2 Å². The summed E-state index contributed by atoms with van der Waals surface area (Å²) in [5.74, 6) is 2.40. The van der Waals surface area contributed by atoms with Gasteiger partial charge in [0, 0.05) is 12.5 Å². The number of methoxy groups -OCH3 is 5. The molecule has 0 aliphatic rings. The highest BCUT2D eigenvalue weighted by atomic mass is 16.5. The lowest BCUT2D eigenvalue weighted by molar-refractivity contribution is 0.187. The zero-order valence-electron chi connectivity index (χ0n) is 17.7. The fourth-order valence-electron chi connectivity index (χ4n) is 3.37. The van der Waals surface area contributed by atoms with Gasteiger partial charge in [0.25, 0.3) is 0 Å². The Kier molecular flexibility index (Phi) is 6.51. The lowest BCUT2D eigenvalue weighted by atomic mass is 9.96. The molecule has 7 heteroatoms. The molecular weight excluding hydrogens is 386 g/mol. The van der Waals surface area contributed by atoms with Crippen LogP contribution in [0.5, 0.6) is 23.0 Å². The lowest BCUT2D eigenvalue weighted by Gasteiger charge is -2.17. The van der Waals surface area contributed by atoms with Crippen LogP contribution in [0.4, 0.5) is 10.5 Å². The first kappa shape index (κ1) is 21.1. The third-order valence-corrected chi connectivity index (χ3v) is 4.89. The second kappa shape index (κ2) is 9.26. The molecule has 3 aromatic rings. The van der Waals surface area contributed by atoms with Crippen LogP contribution in [0, 0.1) is 0 Å². The number of ether oxygens (including phenoxy) is 5. The molecule has 0 bridgehead atoms. The maximum atomic E-state index is 11.9. The molecule has 7 nitrogen and oxygen atoms in total. The molecule has 0 unspecified atom stereocenters. The van der Waals surface area contributed by atoms with Gasteiger partial charge in [-0.2, -0.15) is 0 Å². The third-order valence-electron chi connectivity index (χ3n) is 4.89. The van der Waals surface area contributed by atoms with Crippen molar-refractivity contribution in [2.45, 2.75) is 6.42 Å². The van der Waals surface area contributed by atoms with E-state index in [0.717, 1.165) is 21.9 Å². The first-order chi connectivity index (χ1) is 14.5. The van der Waals surface area contributed by atoms with Gasteiger partial charge in [-0.3, -0.25) is 5.32 Å². The summed E-state index contributed by atoms with van der Waals surface area (Å²) in [7, 11) is 7.66. The number of hydrogen-bond donors (Lipinski definition) is 1. The number of fused-ring (bicyclic) bond motifs is 1. The monoisotopic (exact) mass is 411 g/mol. The number of anilines is 1. The number of amides is 1. The fraction of sp³-hybridized carbons (Fsp3) is 0.261. The van der Waals surface area contributed by atoms with E-state index in [9.17, 15) is 4.79 Å². The molecule has 3 rings (SSSR count).